The Kier molecular flexibility index (Phi) is 6.11. The van der Waals surface area contributed by atoms with Crippen LogP contribution in [0.1, 0.15) is 46.4 Å². The van der Waals surface area contributed by atoms with Crippen molar-refractivity contribution < 1.29 is 14.1 Å². The lowest BCUT2D eigenvalue weighted by Gasteiger charge is -2.13. The number of aryl methyl sites for hydroxylation is 2. The van der Waals surface area contributed by atoms with Crippen molar-refractivity contribution in [3.8, 4) is 0 Å². The molecule has 0 saturated carbocycles. The number of hydrogen-bond acceptors (Lipinski definition) is 5. The van der Waals surface area contributed by atoms with Gasteiger partial charge in [-0.2, -0.15) is 5.10 Å². The van der Waals surface area contributed by atoms with Gasteiger partial charge in [0.15, 0.2) is 0 Å². The van der Waals surface area contributed by atoms with Gasteiger partial charge < -0.3 is 9.73 Å². The minimum Gasteiger partial charge on any atom is -0.469 e. The second-order valence-electron chi connectivity index (χ2n) is 7.12. The molecule has 0 fully saturated rings. The van der Waals surface area contributed by atoms with E-state index in [0.717, 1.165) is 24.2 Å². The van der Waals surface area contributed by atoms with Crippen LogP contribution in [-0.4, -0.2) is 26.7 Å². The molecule has 0 aliphatic rings. The summed E-state index contributed by atoms with van der Waals surface area (Å²) < 4.78 is 6.92. The molecule has 0 radical (unpaired) electrons. The first-order valence-corrected chi connectivity index (χ1v) is 9.45. The summed E-state index contributed by atoms with van der Waals surface area (Å²) in [4.78, 5) is 23.2. The summed E-state index contributed by atoms with van der Waals surface area (Å²) in [6.45, 7) is 5.68. The maximum Gasteiger partial charge on any atom is 0.312 e. The monoisotopic (exact) mass is 396 g/mol. The molecule has 8 nitrogen and oxygen atoms in total. The number of rotatable bonds is 8. The van der Waals surface area contributed by atoms with Gasteiger partial charge in [-0.3, -0.25) is 19.6 Å². The van der Waals surface area contributed by atoms with Crippen molar-refractivity contribution in [3.05, 3.63) is 81.1 Å². The van der Waals surface area contributed by atoms with E-state index in [-0.39, 0.29) is 17.6 Å². The summed E-state index contributed by atoms with van der Waals surface area (Å²) >= 11 is 0. The highest BCUT2D eigenvalue weighted by atomic mass is 16.6. The Hall–Kier alpha value is -3.42. The molecule has 152 valence electrons. The van der Waals surface area contributed by atoms with Gasteiger partial charge in [0.25, 0.3) is 5.91 Å². The first-order valence-electron chi connectivity index (χ1n) is 9.45. The highest BCUT2D eigenvalue weighted by Gasteiger charge is 2.21. The third-order valence-corrected chi connectivity index (χ3v) is 4.86. The number of hydrogen-bond donors (Lipinski definition) is 1. The van der Waals surface area contributed by atoms with Gasteiger partial charge in [0.2, 0.25) is 0 Å². The highest BCUT2D eigenvalue weighted by molar-refractivity contribution is 5.94. The van der Waals surface area contributed by atoms with E-state index in [1.165, 1.54) is 0 Å². The van der Waals surface area contributed by atoms with Gasteiger partial charge in [-0.05, 0) is 57.0 Å². The number of carbonyl (C=O) groups is 1. The van der Waals surface area contributed by atoms with E-state index in [4.69, 9.17) is 4.42 Å². The molecule has 0 aliphatic carbocycles. The van der Waals surface area contributed by atoms with Crippen LogP contribution in [0.3, 0.4) is 0 Å². The number of aromatic nitrogens is 2. The van der Waals surface area contributed by atoms with Crippen molar-refractivity contribution in [2.75, 3.05) is 0 Å². The van der Waals surface area contributed by atoms with Gasteiger partial charge in [0.05, 0.1) is 17.7 Å². The molecule has 0 saturated heterocycles. The summed E-state index contributed by atoms with van der Waals surface area (Å²) in [5.74, 6) is 0.769. The van der Waals surface area contributed by atoms with Crippen LogP contribution in [0.5, 0.6) is 0 Å². The van der Waals surface area contributed by atoms with Gasteiger partial charge in [0.1, 0.15) is 17.1 Å². The number of amides is 1. The average molecular weight is 396 g/mol. The summed E-state index contributed by atoms with van der Waals surface area (Å²) in [7, 11) is 0. The van der Waals surface area contributed by atoms with Crippen LogP contribution in [-0.2, 0) is 13.0 Å². The van der Waals surface area contributed by atoms with Crippen LogP contribution in [0.15, 0.2) is 47.1 Å². The normalized spacial score (nSPS) is 12.0. The summed E-state index contributed by atoms with van der Waals surface area (Å²) in [5, 5.41) is 18.4. The molecular formula is C21H24N4O4. The Morgan fingerprint density at radius 2 is 2.00 bits per heavy atom. The second-order valence-corrected chi connectivity index (χ2v) is 7.12. The van der Waals surface area contributed by atoms with Crippen LogP contribution in [0, 0.1) is 24.0 Å². The number of nitrogens with one attached hydrogen (secondary N) is 1. The second kappa shape index (κ2) is 8.72. The SMILES string of the molecule is Cc1nn(Cc2ccc(C(=O)NC(C)CCc3ccco3)cc2)c(C)c1[N+](=O)[O-]. The maximum absolute atomic E-state index is 12.4. The van der Waals surface area contributed by atoms with Crippen molar-refractivity contribution in [3.63, 3.8) is 0 Å². The molecule has 8 heteroatoms. The molecule has 0 bridgehead atoms. The third-order valence-electron chi connectivity index (χ3n) is 4.86. The first kappa shape index (κ1) is 20.3. The van der Waals surface area contributed by atoms with Crippen molar-refractivity contribution in [1.82, 2.24) is 15.1 Å². The number of nitrogens with zero attached hydrogens (tertiary/aromatic N) is 3. The van der Waals surface area contributed by atoms with E-state index >= 15 is 0 Å². The zero-order chi connectivity index (χ0) is 21.0. The number of furan rings is 1. The first-order chi connectivity index (χ1) is 13.8. The van der Waals surface area contributed by atoms with Crippen LogP contribution < -0.4 is 5.32 Å². The predicted octanol–water partition coefficient (Wildman–Crippen LogP) is 3.80. The fourth-order valence-electron chi connectivity index (χ4n) is 3.23. The van der Waals surface area contributed by atoms with E-state index in [1.807, 2.05) is 31.2 Å². The van der Waals surface area contributed by atoms with E-state index in [0.29, 0.717) is 23.5 Å². The Balaban J connectivity index is 1.59. The van der Waals surface area contributed by atoms with Gasteiger partial charge in [-0.25, -0.2) is 0 Å². The molecule has 29 heavy (non-hydrogen) atoms. The zero-order valence-corrected chi connectivity index (χ0v) is 16.7. The number of benzene rings is 1. The molecule has 2 aromatic heterocycles. The fraction of sp³-hybridized carbons (Fsp3) is 0.333. The lowest BCUT2D eigenvalue weighted by Crippen LogP contribution is -2.32. The Labute approximate surface area is 168 Å². The van der Waals surface area contributed by atoms with Crippen molar-refractivity contribution in [2.45, 2.75) is 46.2 Å². The number of carbonyl (C=O) groups excluding carboxylic acids is 1. The largest absolute Gasteiger partial charge is 0.469 e. The molecule has 1 atom stereocenters. The molecule has 1 unspecified atom stereocenters. The van der Waals surface area contributed by atoms with Crippen LogP contribution in [0.25, 0.3) is 0 Å². The van der Waals surface area contributed by atoms with Crippen molar-refractivity contribution in [1.29, 1.82) is 0 Å². The zero-order valence-electron chi connectivity index (χ0n) is 16.7. The molecule has 0 aliphatic heterocycles. The molecule has 3 aromatic rings. The summed E-state index contributed by atoms with van der Waals surface area (Å²) in [6.07, 6.45) is 3.20. The summed E-state index contributed by atoms with van der Waals surface area (Å²) in [6, 6.07) is 11.0. The topological polar surface area (TPSA) is 103 Å². The van der Waals surface area contributed by atoms with Gasteiger partial charge in [-0.15, -0.1) is 0 Å². The smallest absolute Gasteiger partial charge is 0.312 e. The van der Waals surface area contributed by atoms with E-state index in [1.54, 1.807) is 36.9 Å². The molecule has 1 amide bonds. The molecule has 1 aromatic carbocycles. The molecule has 0 spiro atoms. The molecule has 2 heterocycles. The van der Waals surface area contributed by atoms with Crippen LogP contribution in [0.2, 0.25) is 0 Å². The Morgan fingerprint density at radius 3 is 2.59 bits per heavy atom. The quantitative estimate of drug-likeness (QED) is 0.461. The van der Waals surface area contributed by atoms with Crippen LogP contribution >= 0.6 is 0 Å². The minimum absolute atomic E-state index is 0.0162. The van der Waals surface area contributed by atoms with Gasteiger partial charge in [0, 0.05) is 18.0 Å². The van der Waals surface area contributed by atoms with Crippen molar-refractivity contribution >= 4 is 11.6 Å². The molecule has 1 N–H and O–H groups in total. The Morgan fingerprint density at radius 1 is 1.28 bits per heavy atom. The van der Waals surface area contributed by atoms with Gasteiger partial charge >= 0.3 is 5.69 Å². The third kappa shape index (κ3) is 4.90. The lowest BCUT2D eigenvalue weighted by atomic mass is 10.1. The van der Waals surface area contributed by atoms with E-state index < -0.39 is 4.92 Å². The van der Waals surface area contributed by atoms with E-state index in [2.05, 4.69) is 10.4 Å². The molecular weight excluding hydrogens is 372 g/mol. The number of nitro groups is 1. The summed E-state index contributed by atoms with van der Waals surface area (Å²) in [5.41, 5.74) is 2.43. The van der Waals surface area contributed by atoms with Crippen LogP contribution in [0.4, 0.5) is 5.69 Å². The maximum atomic E-state index is 12.4. The Bertz CT molecular complexity index is 991. The predicted molar refractivity (Wildman–Crippen MR) is 108 cm³/mol. The van der Waals surface area contributed by atoms with E-state index in [9.17, 15) is 14.9 Å². The lowest BCUT2D eigenvalue weighted by molar-refractivity contribution is -0.386. The highest BCUT2D eigenvalue weighted by Crippen LogP contribution is 2.22. The average Bonchev–Trinajstić information content (AvgIpc) is 3.28. The van der Waals surface area contributed by atoms with Crippen molar-refractivity contribution in [2.24, 2.45) is 0 Å². The standard InChI is InChI=1S/C21H24N4O4/c1-14(6-11-19-5-4-12-29-19)22-21(26)18-9-7-17(8-10-18)13-24-16(3)20(25(27)28)15(2)23-24/h4-5,7-10,12,14H,6,11,13H2,1-3H3,(H,22,26). The minimum atomic E-state index is -0.408. The van der Waals surface area contributed by atoms with Gasteiger partial charge in [-0.1, -0.05) is 12.1 Å². The fourth-order valence-corrected chi connectivity index (χ4v) is 3.23. The molecule has 3 rings (SSSR count).